The van der Waals surface area contributed by atoms with Crippen LogP contribution < -0.4 is 15.0 Å². The Bertz CT molecular complexity index is 892. The highest BCUT2D eigenvalue weighted by Crippen LogP contribution is 2.39. The van der Waals surface area contributed by atoms with Crippen LogP contribution >= 0.6 is 0 Å². The van der Waals surface area contributed by atoms with Crippen molar-refractivity contribution in [1.29, 1.82) is 0 Å². The standard InChI is InChI=1S/C18H21N5O4/c1-10-17(24)23(3)13-8-12(6-7-14(13)26-10)19-18(25)22(2)9-15-20-16(27-21-15)11-4-5-11/h6-8,10-11H,4-5,9H2,1-3H3,(H,19,25). The smallest absolute Gasteiger partial charge is 0.321 e. The Kier molecular flexibility index (Phi) is 4.21. The van der Waals surface area contributed by atoms with Crippen LogP contribution in [0.15, 0.2) is 22.7 Å². The summed E-state index contributed by atoms with van der Waals surface area (Å²) in [5.41, 5.74) is 1.18. The third-order valence-corrected chi connectivity index (χ3v) is 4.69. The third-order valence-electron chi connectivity index (χ3n) is 4.69. The number of ether oxygens (including phenoxy) is 1. The lowest BCUT2D eigenvalue weighted by molar-refractivity contribution is -0.125. The minimum atomic E-state index is -0.524. The first-order valence-electron chi connectivity index (χ1n) is 8.85. The van der Waals surface area contributed by atoms with Crippen LogP contribution in [0.2, 0.25) is 0 Å². The third kappa shape index (κ3) is 3.44. The Hall–Kier alpha value is -3.10. The van der Waals surface area contributed by atoms with Crippen molar-refractivity contribution in [2.45, 2.75) is 38.3 Å². The minimum absolute atomic E-state index is 0.133. The molecule has 1 aliphatic carbocycles. The molecule has 142 valence electrons. The molecular weight excluding hydrogens is 350 g/mol. The van der Waals surface area contributed by atoms with E-state index in [0.29, 0.717) is 34.8 Å². The van der Waals surface area contributed by atoms with E-state index >= 15 is 0 Å². The Balaban J connectivity index is 1.42. The van der Waals surface area contributed by atoms with Gasteiger partial charge in [-0.1, -0.05) is 5.16 Å². The number of nitrogens with zero attached hydrogens (tertiary/aromatic N) is 4. The van der Waals surface area contributed by atoms with E-state index in [1.165, 1.54) is 9.80 Å². The van der Waals surface area contributed by atoms with Crippen LogP contribution in [-0.4, -0.2) is 47.2 Å². The number of hydrogen-bond donors (Lipinski definition) is 1. The van der Waals surface area contributed by atoms with Crippen molar-refractivity contribution in [3.63, 3.8) is 0 Å². The number of anilines is 2. The maximum absolute atomic E-state index is 12.5. The van der Waals surface area contributed by atoms with E-state index in [4.69, 9.17) is 9.26 Å². The summed E-state index contributed by atoms with van der Waals surface area (Å²) in [4.78, 5) is 31.8. The van der Waals surface area contributed by atoms with Gasteiger partial charge in [0.2, 0.25) is 5.89 Å². The van der Waals surface area contributed by atoms with Crippen molar-refractivity contribution in [3.05, 3.63) is 29.9 Å². The van der Waals surface area contributed by atoms with E-state index in [-0.39, 0.29) is 18.5 Å². The first kappa shape index (κ1) is 17.3. The lowest BCUT2D eigenvalue weighted by Crippen LogP contribution is -2.42. The molecule has 1 unspecified atom stereocenters. The number of amides is 3. The SMILES string of the molecule is CC1Oc2ccc(NC(=O)N(C)Cc3noc(C4CC4)n3)cc2N(C)C1=O. The molecule has 0 radical (unpaired) electrons. The molecule has 1 fully saturated rings. The molecule has 2 aromatic rings. The first-order chi connectivity index (χ1) is 12.9. The van der Waals surface area contributed by atoms with Gasteiger partial charge in [0.05, 0.1) is 12.2 Å². The number of benzene rings is 1. The number of rotatable bonds is 4. The molecule has 1 N–H and O–H groups in total. The molecule has 1 aromatic heterocycles. The predicted molar refractivity (Wildman–Crippen MR) is 96.7 cm³/mol. The van der Waals surface area contributed by atoms with Crippen LogP contribution in [0.25, 0.3) is 0 Å². The first-order valence-corrected chi connectivity index (χ1v) is 8.85. The maximum Gasteiger partial charge on any atom is 0.321 e. The lowest BCUT2D eigenvalue weighted by Gasteiger charge is -2.30. The number of likely N-dealkylation sites (N-methyl/N-ethyl adjacent to an activating group) is 1. The van der Waals surface area contributed by atoms with Gasteiger partial charge in [0, 0.05) is 25.7 Å². The quantitative estimate of drug-likeness (QED) is 0.885. The molecule has 1 aliphatic heterocycles. The fourth-order valence-corrected chi connectivity index (χ4v) is 2.92. The van der Waals surface area contributed by atoms with E-state index in [1.54, 1.807) is 39.2 Å². The fraction of sp³-hybridized carbons (Fsp3) is 0.444. The van der Waals surface area contributed by atoms with Crippen LogP contribution in [0.5, 0.6) is 5.75 Å². The lowest BCUT2D eigenvalue weighted by atomic mass is 10.2. The summed E-state index contributed by atoms with van der Waals surface area (Å²) in [7, 11) is 3.34. The topological polar surface area (TPSA) is 101 Å². The summed E-state index contributed by atoms with van der Waals surface area (Å²) in [6.07, 6.45) is 1.63. The van der Waals surface area contributed by atoms with E-state index < -0.39 is 6.10 Å². The monoisotopic (exact) mass is 371 g/mol. The maximum atomic E-state index is 12.5. The van der Waals surface area contributed by atoms with Gasteiger partial charge in [-0.3, -0.25) is 4.79 Å². The van der Waals surface area contributed by atoms with Crippen LogP contribution in [0.1, 0.15) is 37.4 Å². The molecule has 9 nitrogen and oxygen atoms in total. The molecule has 2 heterocycles. The zero-order valence-electron chi connectivity index (χ0n) is 15.4. The average molecular weight is 371 g/mol. The Morgan fingerprint density at radius 1 is 1.41 bits per heavy atom. The molecule has 1 saturated carbocycles. The molecule has 0 spiro atoms. The second-order valence-corrected chi connectivity index (χ2v) is 6.95. The van der Waals surface area contributed by atoms with Crippen molar-refractivity contribution >= 4 is 23.3 Å². The number of carbonyl (C=O) groups excluding carboxylic acids is 2. The normalized spacial score (nSPS) is 18.7. The molecule has 9 heteroatoms. The summed E-state index contributed by atoms with van der Waals surface area (Å²) < 4.78 is 10.8. The predicted octanol–water partition coefficient (Wildman–Crippen LogP) is 2.35. The number of aromatic nitrogens is 2. The second kappa shape index (κ2) is 6.57. The Labute approximate surface area is 156 Å². The zero-order chi connectivity index (χ0) is 19.1. The zero-order valence-corrected chi connectivity index (χ0v) is 15.4. The highest BCUT2D eigenvalue weighted by molar-refractivity contribution is 6.00. The molecule has 0 bridgehead atoms. The molecule has 0 saturated heterocycles. The van der Waals surface area contributed by atoms with Gasteiger partial charge in [0.15, 0.2) is 11.9 Å². The summed E-state index contributed by atoms with van der Waals surface area (Å²) >= 11 is 0. The molecule has 3 amide bonds. The van der Waals surface area contributed by atoms with Gasteiger partial charge < -0.3 is 24.4 Å². The number of fused-ring (bicyclic) bond motifs is 1. The highest BCUT2D eigenvalue weighted by atomic mass is 16.5. The van der Waals surface area contributed by atoms with E-state index in [2.05, 4.69) is 15.5 Å². The molecule has 1 aromatic carbocycles. The van der Waals surface area contributed by atoms with Crippen molar-refractivity contribution < 1.29 is 18.8 Å². The van der Waals surface area contributed by atoms with Gasteiger partial charge in [-0.2, -0.15) is 4.98 Å². The van der Waals surface area contributed by atoms with Crippen LogP contribution in [0, 0.1) is 0 Å². The summed E-state index contributed by atoms with van der Waals surface area (Å²) in [6.45, 7) is 1.95. The Morgan fingerprint density at radius 2 is 2.19 bits per heavy atom. The fourth-order valence-electron chi connectivity index (χ4n) is 2.92. The molecule has 2 aliphatic rings. The number of nitrogens with one attached hydrogen (secondary N) is 1. The summed E-state index contributed by atoms with van der Waals surface area (Å²) in [5.74, 6) is 1.98. The van der Waals surface area contributed by atoms with E-state index in [0.717, 1.165) is 12.8 Å². The van der Waals surface area contributed by atoms with E-state index in [9.17, 15) is 9.59 Å². The van der Waals surface area contributed by atoms with Gasteiger partial charge in [-0.25, -0.2) is 4.79 Å². The number of carbonyl (C=O) groups is 2. The van der Waals surface area contributed by atoms with Crippen molar-refractivity contribution in [3.8, 4) is 5.75 Å². The van der Waals surface area contributed by atoms with Crippen molar-refractivity contribution in [2.75, 3.05) is 24.3 Å². The van der Waals surface area contributed by atoms with E-state index in [1.807, 2.05) is 0 Å². The van der Waals surface area contributed by atoms with Crippen molar-refractivity contribution in [2.24, 2.45) is 0 Å². The number of urea groups is 1. The van der Waals surface area contributed by atoms with Gasteiger partial charge in [0.25, 0.3) is 5.91 Å². The second-order valence-electron chi connectivity index (χ2n) is 6.95. The van der Waals surface area contributed by atoms with Crippen LogP contribution in [-0.2, 0) is 11.3 Å². The average Bonchev–Trinajstić information content (AvgIpc) is 3.40. The van der Waals surface area contributed by atoms with Crippen LogP contribution in [0.3, 0.4) is 0 Å². The summed E-state index contributed by atoms with van der Waals surface area (Å²) in [5, 5.41) is 6.73. The molecule has 27 heavy (non-hydrogen) atoms. The minimum Gasteiger partial charge on any atom is -0.479 e. The highest BCUT2D eigenvalue weighted by Gasteiger charge is 2.30. The van der Waals surface area contributed by atoms with Crippen molar-refractivity contribution in [1.82, 2.24) is 15.0 Å². The molecule has 4 rings (SSSR count). The molecular formula is C18H21N5O4. The molecule has 1 atom stereocenters. The van der Waals surface area contributed by atoms with Gasteiger partial charge in [-0.15, -0.1) is 0 Å². The largest absolute Gasteiger partial charge is 0.479 e. The summed E-state index contributed by atoms with van der Waals surface area (Å²) in [6, 6.07) is 4.88. The number of hydrogen-bond acceptors (Lipinski definition) is 6. The van der Waals surface area contributed by atoms with Crippen LogP contribution in [0.4, 0.5) is 16.2 Å². The van der Waals surface area contributed by atoms with Gasteiger partial charge >= 0.3 is 6.03 Å². The Morgan fingerprint density at radius 3 is 2.93 bits per heavy atom. The van der Waals surface area contributed by atoms with Gasteiger partial charge in [0.1, 0.15) is 5.75 Å². The van der Waals surface area contributed by atoms with Gasteiger partial charge in [-0.05, 0) is 38.0 Å².